The normalized spacial score (nSPS) is 24.1. The molecule has 1 aromatic carbocycles. The molecule has 1 N–H and O–H groups in total. The Hall–Kier alpha value is -2.66. The summed E-state index contributed by atoms with van der Waals surface area (Å²) in [4.78, 5) is 19.1. The van der Waals surface area contributed by atoms with Gasteiger partial charge in [-0.05, 0) is 54.2 Å². The number of nitrogens with zero attached hydrogens (tertiary/aromatic N) is 2. The summed E-state index contributed by atoms with van der Waals surface area (Å²) in [6, 6.07) is 6.88. The molecule has 0 unspecified atom stereocenters. The molecule has 2 aliphatic rings. The number of piperidine rings is 1. The summed E-state index contributed by atoms with van der Waals surface area (Å²) in [7, 11) is 0. The number of carbonyl (C=O) groups excluding carboxylic acids is 1. The molecule has 1 aromatic heterocycles. The SMILES string of the molecule is C[C@@H]1C[C@@H](C)CN(Cc2c(O)ccc3c2O/C(=C\c2ccncc2)C3=O)C1. The Labute approximate surface area is 159 Å². The van der Waals surface area contributed by atoms with E-state index in [4.69, 9.17) is 4.74 Å². The summed E-state index contributed by atoms with van der Waals surface area (Å²) in [6.07, 6.45) is 6.29. The lowest BCUT2D eigenvalue weighted by molar-refractivity contribution is 0.101. The number of hydrogen-bond donors (Lipinski definition) is 1. The predicted molar refractivity (Wildman–Crippen MR) is 104 cm³/mol. The van der Waals surface area contributed by atoms with E-state index in [1.807, 2.05) is 12.1 Å². The number of benzene rings is 1. The van der Waals surface area contributed by atoms with Crippen LogP contribution in [0.3, 0.4) is 0 Å². The molecule has 2 aliphatic heterocycles. The van der Waals surface area contributed by atoms with Crippen LogP contribution in [0.4, 0.5) is 0 Å². The summed E-state index contributed by atoms with van der Waals surface area (Å²) in [6.45, 7) is 7.07. The number of likely N-dealkylation sites (tertiary alicyclic amines) is 1. The fourth-order valence-electron chi connectivity index (χ4n) is 4.21. The third-order valence-electron chi connectivity index (χ3n) is 5.25. The van der Waals surface area contributed by atoms with E-state index in [0.717, 1.165) is 18.7 Å². The van der Waals surface area contributed by atoms with Crippen LogP contribution in [0.2, 0.25) is 0 Å². The Kier molecular flexibility index (Phi) is 4.70. The first kappa shape index (κ1) is 17.7. The lowest BCUT2D eigenvalue weighted by Gasteiger charge is -2.35. The van der Waals surface area contributed by atoms with Crippen molar-refractivity contribution in [3.05, 3.63) is 59.1 Å². The Morgan fingerprint density at radius 2 is 1.89 bits per heavy atom. The van der Waals surface area contributed by atoms with Crippen molar-refractivity contribution < 1.29 is 14.6 Å². The molecule has 5 heteroatoms. The fraction of sp³-hybridized carbons (Fsp3) is 0.364. The minimum Gasteiger partial charge on any atom is -0.507 e. The van der Waals surface area contributed by atoms with E-state index >= 15 is 0 Å². The summed E-state index contributed by atoms with van der Waals surface area (Å²) in [5, 5.41) is 10.5. The quantitative estimate of drug-likeness (QED) is 0.838. The number of aromatic nitrogens is 1. The van der Waals surface area contributed by atoms with Crippen molar-refractivity contribution in [2.45, 2.75) is 26.8 Å². The molecule has 1 saturated heterocycles. The van der Waals surface area contributed by atoms with Gasteiger partial charge in [-0.1, -0.05) is 13.8 Å². The van der Waals surface area contributed by atoms with Crippen LogP contribution in [-0.2, 0) is 6.54 Å². The molecule has 0 bridgehead atoms. The van der Waals surface area contributed by atoms with Gasteiger partial charge >= 0.3 is 0 Å². The first-order chi connectivity index (χ1) is 13.0. The van der Waals surface area contributed by atoms with Gasteiger partial charge in [-0.3, -0.25) is 14.7 Å². The minimum absolute atomic E-state index is 0.150. The third-order valence-corrected chi connectivity index (χ3v) is 5.25. The van der Waals surface area contributed by atoms with Gasteiger partial charge in [-0.2, -0.15) is 0 Å². The largest absolute Gasteiger partial charge is 0.507 e. The summed E-state index contributed by atoms with van der Waals surface area (Å²) >= 11 is 0. The molecule has 140 valence electrons. The molecular weight excluding hydrogens is 340 g/mol. The summed E-state index contributed by atoms with van der Waals surface area (Å²) in [5.74, 6) is 2.05. The van der Waals surface area contributed by atoms with E-state index in [9.17, 15) is 9.90 Å². The number of phenolic OH excluding ortho intramolecular Hbond substituents is 1. The van der Waals surface area contributed by atoms with E-state index < -0.39 is 0 Å². The van der Waals surface area contributed by atoms with Crippen molar-refractivity contribution in [2.75, 3.05) is 13.1 Å². The van der Waals surface area contributed by atoms with Crippen LogP contribution in [0.5, 0.6) is 11.5 Å². The Morgan fingerprint density at radius 3 is 2.59 bits per heavy atom. The summed E-state index contributed by atoms with van der Waals surface area (Å²) < 4.78 is 5.93. The second kappa shape index (κ2) is 7.16. The number of phenols is 1. The first-order valence-electron chi connectivity index (χ1n) is 9.42. The number of pyridine rings is 1. The van der Waals surface area contributed by atoms with Crippen molar-refractivity contribution in [3.63, 3.8) is 0 Å². The van der Waals surface area contributed by atoms with E-state index in [-0.39, 0.29) is 17.3 Å². The number of ketones is 1. The predicted octanol–water partition coefficient (Wildman–Crippen LogP) is 3.88. The van der Waals surface area contributed by atoms with Crippen molar-refractivity contribution in [2.24, 2.45) is 11.8 Å². The molecule has 4 rings (SSSR count). The maximum absolute atomic E-state index is 12.8. The second-order valence-corrected chi connectivity index (χ2v) is 7.80. The van der Waals surface area contributed by atoms with Crippen LogP contribution in [-0.4, -0.2) is 33.9 Å². The Morgan fingerprint density at radius 1 is 1.19 bits per heavy atom. The van der Waals surface area contributed by atoms with Gasteiger partial charge in [0.25, 0.3) is 0 Å². The Bertz CT molecular complexity index is 882. The molecule has 1 fully saturated rings. The van der Waals surface area contributed by atoms with Crippen LogP contribution < -0.4 is 4.74 Å². The topological polar surface area (TPSA) is 62.7 Å². The van der Waals surface area contributed by atoms with Gasteiger partial charge in [0.15, 0.2) is 5.76 Å². The van der Waals surface area contributed by atoms with E-state index in [1.54, 1.807) is 30.6 Å². The van der Waals surface area contributed by atoms with Gasteiger partial charge in [0.05, 0.1) is 11.1 Å². The smallest absolute Gasteiger partial charge is 0.231 e. The molecule has 5 nitrogen and oxygen atoms in total. The number of aromatic hydroxyl groups is 1. The van der Waals surface area contributed by atoms with Gasteiger partial charge < -0.3 is 9.84 Å². The molecule has 2 atom stereocenters. The Balaban J connectivity index is 1.64. The molecule has 0 aliphatic carbocycles. The standard InChI is InChI=1S/C22H24N2O3/c1-14-9-15(2)12-24(11-14)13-18-19(25)4-3-17-21(26)20(27-22(17)18)10-16-5-7-23-8-6-16/h3-8,10,14-15,25H,9,11-13H2,1-2H3/b20-10-/t14-,15-/m1/s1. The summed E-state index contributed by atoms with van der Waals surface area (Å²) in [5.41, 5.74) is 2.06. The lowest BCUT2D eigenvalue weighted by Crippen LogP contribution is -2.38. The second-order valence-electron chi connectivity index (χ2n) is 7.80. The third kappa shape index (κ3) is 3.60. The highest BCUT2D eigenvalue weighted by atomic mass is 16.5. The monoisotopic (exact) mass is 364 g/mol. The van der Waals surface area contributed by atoms with Crippen molar-refractivity contribution in [3.8, 4) is 11.5 Å². The van der Waals surface area contributed by atoms with Gasteiger partial charge in [0.1, 0.15) is 11.5 Å². The van der Waals surface area contributed by atoms with Crippen LogP contribution in [0, 0.1) is 11.8 Å². The van der Waals surface area contributed by atoms with E-state index in [2.05, 4.69) is 23.7 Å². The van der Waals surface area contributed by atoms with Crippen LogP contribution in [0.15, 0.2) is 42.4 Å². The molecule has 0 saturated carbocycles. The lowest BCUT2D eigenvalue weighted by atomic mass is 9.91. The van der Waals surface area contributed by atoms with Crippen molar-refractivity contribution in [1.29, 1.82) is 0 Å². The van der Waals surface area contributed by atoms with Crippen LogP contribution in [0.25, 0.3) is 6.08 Å². The highest BCUT2D eigenvalue weighted by Crippen LogP contribution is 2.40. The highest BCUT2D eigenvalue weighted by molar-refractivity contribution is 6.14. The first-order valence-corrected chi connectivity index (χ1v) is 9.42. The van der Waals surface area contributed by atoms with Crippen LogP contribution >= 0.6 is 0 Å². The number of allylic oxidation sites excluding steroid dienone is 1. The molecule has 0 amide bonds. The number of ether oxygens (including phenoxy) is 1. The number of rotatable bonds is 3. The van der Waals surface area contributed by atoms with Crippen LogP contribution in [0.1, 0.15) is 41.8 Å². The molecule has 2 aromatic rings. The minimum atomic E-state index is -0.150. The average molecular weight is 364 g/mol. The van der Waals surface area contributed by atoms with Gasteiger partial charge in [-0.25, -0.2) is 0 Å². The maximum atomic E-state index is 12.8. The zero-order valence-electron chi connectivity index (χ0n) is 15.7. The fourth-order valence-corrected chi connectivity index (χ4v) is 4.21. The van der Waals surface area contributed by atoms with Crippen molar-refractivity contribution in [1.82, 2.24) is 9.88 Å². The molecule has 3 heterocycles. The molecular formula is C22H24N2O3. The molecule has 27 heavy (non-hydrogen) atoms. The van der Waals surface area contributed by atoms with E-state index in [0.29, 0.717) is 35.3 Å². The number of Topliss-reactive ketones (excluding diaryl/α,β-unsaturated/α-hetero) is 1. The zero-order chi connectivity index (χ0) is 19.0. The average Bonchev–Trinajstić information content (AvgIpc) is 2.94. The van der Waals surface area contributed by atoms with Gasteiger partial charge in [-0.15, -0.1) is 0 Å². The number of fused-ring (bicyclic) bond motifs is 1. The highest BCUT2D eigenvalue weighted by Gasteiger charge is 2.32. The molecule has 0 spiro atoms. The zero-order valence-corrected chi connectivity index (χ0v) is 15.7. The maximum Gasteiger partial charge on any atom is 0.231 e. The van der Waals surface area contributed by atoms with Gasteiger partial charge in [0, 0.05) is 32.0 Å². The molecule has 0 radical (unpaired) electrons. The number of hydrogen-bond acceptors (Lipinski definition) is 5. The number of carbonyl (C=O) groups is 1. The van der Waals surface area contributed by atoms with Gasteiger partial charge in [0.2, 0.25) is 5.78 Å². The van der Waals surface area contributed by atoms with Crippen molar-refractivity contribution >= 4 is 11.9 Å². The van der Waals surface area contributed by atoms with E-state index in [1.165, 1.54) is 6.42 Å².